The number of carbonyl (C=O) groups excluding carboxylic acids is 2. The topological polar surface area (TPSA) is 68.3 Å². The van der Waals surface area contributed by atoms with Crippen LogP contribution in [0.25, 0.3) is 11.3 Å². The minimum atomic E-state index is -4.52. The summed E-state index contributed by atoms with van der Waals surface area (Å²) >= 11 is 0. The van der Waals surface area contributed by atoms with Crippen LogP contribution in [0.1, 0.15) is 42.3 Å². The van der Waals surface area contributed by atoms with Gasteiger partial charge in [0.2, 0.25) is 0 Å². The highest BCUT2D eigenvalue weighted by Crippen LogP contribution is 2.33. The Labute approximate surface area is 154 Å². The van der Waals surface area contributed by atoms with E-state index in [-0.39, 0.29) is 17.8 Å². The number of pyridine rings is 1. The summed E-state index contributed by atoms with van der Waals surface area (Å²) in [5.41, 5.74) is -0.329. The third-order valence-electron chi connectivity index (χ3n) is 3.46. The number of benzene rings is 1. The molecule has 1 heterocycles. The molecule has 1 N–H and O–H groups in total. The molecule has 0 atom stereocenters. The van der Waals surface area contributed by atoms with Gasteiger partial charge < -0.3 is 10.1 Å². The maximum atomic E-state index is 13.1. The molecule has 8 heteroatoms. The lowest BCUT2D eigenvalue weighted by Gasteiger charge is -2.20. The number of rotatable bonds is 4. The summed E-state index contributed by atoms with van der Waals surface area (Å²) in [6, 6.07) is 6.10. The number of alkyl carbamates (subject to hydrolysis) is 1. The zero-order valence-corrected chi connectivity index (χ0v) is 15.1. The molecule has 27 heavy (non-hydrogen) atoms. The minimum Gasteiger partial charge on any atom is -0.444 e. The smallest absolute Gasteiger partial charge is 0.416 e. The molecule has 2 rings (SSSR count). The monoisotopic (exact) mass is 380 g/mol. The van der Waals surface area contributed by atoms with Gasteiger partial charge in [0.1, 0.15) is 5.60 Å². The number of aromatic nitrogens is 1. The Morgan fingerprint density at radius 2 is 1.89 bits per heavy atom. The van der Waals surface area contributed by atoms with E-state index in [0.29, 0.717) is 17.4 Å². The molecular formula is C19H19F3N2O3. The maximum absolute atomic E-state index is 13.1. The molecule has 0 bridgehead atoms. The zero-order chi connectivity index (χ0) is 20.2. The minimum absolute atomic E-state index is 0.0422. The van der Waals surface area contributed by atoms with Gasteiger partial charge in [0.25, 0.3) is 0 Å². The van der Waals surface area contributed by atoms with Crippen LogP contribution < -0.4 is 5.32 Å². The fourth-order valence-corrected chi connectivity index (χ4v) is 2.26. The summed E-state index contributed by atoms with van der Waals surface area (Å²) in [4.78, 5) is 26.6. The SMILES string of the molecule is CC(C)(C)OC(=O)NCc1ccc(C(F)(F)F)cc1-c1ccc(C=O)cn1. The number of carbonyl (C=O) groups is 2. The normalized spacial score (nSPS) is 11.8. The fourth-order valence-electron chi connectivity index (χ4n) is 2.26. The van der Waals surface area contributed by atoms with Crippen LogP contribution in [0, 0.1) is 0 Å². The summed E-state index contributed by atoms with van der Waals surface area (Å²) in [5.74, 6) is 0. The predicted octanol–water partition coefficient (Wildman–Crippen LogP) is 4.60. The van der Waals surface area contributed by atoms with Gasteiger partial charge in [-0.05, 0) is 50.6 Å². The van der Waals surface area contributed by atoms with Crippen molar-refractivity contribution in [3.63, 3.8) is 0 Å². The first-order valence-corrected chi connectivity index (χ1v) is 8.08. The molecule has 5 nitrogen and oxygen atoms in total. The summed E-state index contributed by atoms with van der Waals surface area (Å²) < 4.78 is 44.4. The molecule has 0 saturated heterocycles. The highest BCUT2D eigenvalue weighted by molar-refractivity contribution is 5.76. The van der Waals surface area contributed by atoms with E-state index in [1.165, 1.54) is 24.4 Å². The lowest BCUT2D eigenvalue weighted by molar-refractivity contribution is -0.137. The molecular weight excluding hydrogens is 361 g/mol. The van der Waals surface area contributed by atoms with Crippen LogP contribution in [-0.2, 0) is 17.5 Å². The summed E-state index contributed by atoms with van der Waals surface area (Å²) in [6.07, 6.45) is -3.34. The molecule has 2 aromatic rings. The van der Waals surface area contributed by atoms with Crippen molar-refractivity contribution in [2.45, 2.75) is 39.1 Å². The summed E-state index contributed by atoms with van der Waals surface area (Å²) in [5, 5.41) is 2.52. The molecule has 0 aliphatic heterocycles. The molecule has 0 aliphatic carbocycles. The number of alkyl halides is 3. The number of amides is 1. The van der Waals surface area contributed by atoms with Crippen LogP contribution in [-0.4, -0.2) is 23.0 Å². The van der Waals surface area contributed by atoms with Crippen molar-refractivity contribution in [1.82, 2.24) is 10.3 Å². The number of nitrogens with zero attached hydrogens (tertiary/aromatic N) is 1. The van der Waals surface area contributed by atoms with E-state index in [1.54, 1.807) is 20.8 Å². The number of nitrogens with one attached hydrogen (secondary N) is 1. The molecule has 1 aromatic heterocycles. The molecule has 144 valence electrons. The van der Waals surface area contributed by atoms with Crippen molar-refractivity contribution in [1.29, 1.82) is 0 Å². The second kappa shape index (κ2) is 7.77. The molecule has 0 spiro atoms. The van der Waals surface area contributed by atoms with E-state index in [1.807, 2.05) is 0 Å². The third-order valence-corrected chi connectivity index (χ3v) is 3.46. The largest absolute Gasteiger partial charge is 0.444 e. The van der Waals surface area contributed by atoms with Crippen LogP contribution >= 0.6 is 0 Å². The average molecular weight is 380 g/mol. The van der Waals surface area contributed by atoms with E-state index in [9.17, 15) is 22.8 Å². The van der Waals surface area contributed by atoms with Gasteiger partial charge in [-0.15, -0.1) is 0 Å². The van der Waals surface area contributed by atoms with Crippen molar-refractivity contribution in [2.24, 2.45) is 0 Å². The zero-order valence-electron chi connectivity index (χ0n) is 15.1. The Hall–Kier alpha value is -2.90. The van der Waals surface area contributed by atoms with Crippen molar-refractivity contribution in [3.05, 3.63) is 53.2 Å². The fraction of sp³-hybridized carbons (Fsp3) is 0.316. The van der Waals surface area contributed by atoms with E-state index in [2.05, 4.69) is 10.3 Å². The van der Waals surface area contributed by atoms with Gasteiger partial charge in [-0.2, -0.15) is 13.2 Å². The molecule has 0 aliphatic rings. The van der Waals surface area contributed by atoms with E-state index < -0.39 is 23.4 Å². The highest BCUT2D eigenvalue weighted by atomic mass is 19.4. The Morgan fingerprint density at radius 1 is 1.19 bits per heavy atom. The van der Waals surface area contributed by atoms with E-state index in [4.69, 9.17) is 4.74 Å². The Morgan fingerprint density at radius 3 is 2.41 bits per heavy atom. The van der Waals surface area contributed by atoms with Crippen LogP contribution in [0.2, 0.25) is 0 Å². The van der Waals surface area contributed by atoms with E-state index >= 15 is 0 Å². The van der Waals surface area contributed by atoms with Gasteiger partial charge in [0, 0.05) is 23.9 Å². The van der Waals surface area contributed by atoms with Crippen molar-refractivity contribution >= 4 is 12.4 Å². The van der Waals surface area contributed by atoms with Crippen molar-refractivity contribution in [3.8, 4) is 11.3 Å². The Bertz CT molecular complexity index is 826. The van der Waals surface area contributed by atoms with Gasteiger partial charge in [0.15, 0.2) is 6.29 Å². The van der Waals surface area contributed by atoms with Crippen LogP contribution in [0.3, 0.4) is 0 Å². The second-order valence-corrected chi connectivity index (χ2v) is 6.82. The Balaban J connectivity index is 2.35. The van der Waals surface area contributed by atoms with Gasteiger partial charge in [-0.1, -0.05) is 6.07 Å². The van der Waals surface area contributed by atoms with Gasteiger partial charge >= 0.3 is 12.3 Å². The van der Waals surface area contributed by atoms with E-state index in [0.717, 1.165) is 12.1 Å². The quantitative estimate of drug-likeness (QED) is 0.787. The van der Waals surface area contributed by atoms with Crippen molar-refractivity contribution < 1.29 is 27.5 Å². The first-order valence-electron chi connectivity index (χ1n) is 8.08. The van der Waals surface area contributed by atoms with Crippen LogP contribution in [0.15, 0.2) is 36.5 Å². The highest BCUT2D eigenvalue weighted by Gasteiger charge is 2.31. The molecule has 0 fully saturated rings. The molecule has 0 unspecified atom stereocenters. The summed E-state index contributed by atoms with van der Waals surface area (Å²) in [7, 11) is 0. The first kappa shape index (κ1) is 20.4. The number of halogens is 3. The second-order valence-electron chi connectivity index (χ2n) is 6.82. The first-order chi connectivity index (χ1) is 12.5. The molecule has 0 saturated carbocycles. The summed E-state index contributed by atoms with van der Waals surface area (Å²) in [6.45, 7) is 5.07. The van der Waals surface area contributed by atoms with Gasteiger partial charge in [-0.25, -0.2) is 4.79 Å². The Kier molecular flexibility index (Phi) is 5.88. The lowest BCUT2D eigenvalue weighted by Crippen LogP contribution is -2.32. The lowest BCUT2D eigenvalue weighted by atomic mass is 10.00. The maximum Gasteiger partial charge on any atom is 0.416 e. The predicted molar refractivity (Wildman–Crippen MR) is 93.1 cm³/mol. The van der Waals surface area contributed by atoms with Gasteiger partial charge in [-0.3, -0.25) is 9.78 Å². The average Bonchev–Trinajstić information content (AvgIpc) is 2.57. The number of aldehydes is 1. The number of hydrogen-bond donors (Lipinski definition) is 1. The third kappa shape index (κ3) is 5.80. The molecule has 0 radical (unpaired) electrons. The van der Waals surface area contributed by atoms with Gasteiger partial charge in [0.05, 0.1) is 11.3 Å². The molecule has 1 amide bonds. The number of hydrogen-bond acceptors (Lipinski definition) is 4. The molecule has 1 aromatic carbocycles. The van der Waals surface area contributed by atoms with Crippen LogP contribution in [0.4, 0.5) is 18.0 Å². The van der Waals surface area contributed by atoms with Crippen LogP contribution in [0.5, 0.6) is 0 Å². The number of ether oxygens (including phenoxy) is 1. The standard InChI is InChI=1S/C19H19F3N2O3/c1-18(2,3)27-17(26)24-10-13-5-6-14(19(20,21)22)8-15(13)16-7-4-12(11-25)9-23-16/h4-9,11H,10H2,1-3H3,(H,24,26). The van der Waals surface area contributed by atoms with Crippen molar-refractivity contribution in [2.75, 3.05) is 0 Å².